The second-order valence-electron chi connectivity index (χ2n) is 9.70. The molecule has 0 aromatic rings. The summed E-state index contributed by atoms with van der Waals surface area (Å²) in [5.74, 6) is 1.72. The summed E-state index contributed by atoms with van der Waals surface area (Å²) in [6.45, 7) is 15.4. The number of quaternary nitrogens is 1. The standard InChI is InChI=1S/C24H49N2/c1-8-23(16-14-20(2)3)26(7,21(4)5)19-13-11-9-10-12-18-25-24-17-15-22(24)6/h13,19-25H,8-12,14-18H2,1-7H3/q+1. The molecule has 0 heterocycles. The lowest BCUT2D eigenvalue weighted by molar-refractivity contribution is -0.906. The number of allylic oxidation sites excluding steroid dienone is 1. The Bertz CT molecular complexity index is 388. The van der Waals surface area contributed by atoms with E-state index in [4.69, 9.17) is 0 Å². The maximum atomic E-state index is 3.72. The Labute approximate surface area is 165 Å². The smallest absolute Gasteiger partial charge is 0.0929 e. The van der Waals surface area contributed by atoms with E-state index in [-0.39, 0.29) is 0 Å². The average molecular weight is 366 g/mol. The van der Waals surface area contributed by atoms with Crippen molar-refractivity contribution in [2.24, 2.45) is 11.8 Å². The van der Waals surface area contributed by atoms with E-state index >= 15 is 0 Å². The van der Waals surface area contributed by atoms with Crippen LogP contribution in [0.1, 0.15) is 99.3 Å². The van der Waals surface area contributed by atoms with Gasteiger partial charge in [0.05, 0.1) is 25.3 Å². The zero-order valence-corrected chi connectivity index (χ0v) is 19.1. The fourth-order valence-corrected chi connectivity index (χ4v) is 4.24. The van der Waals surface area contributed by atoms with Crippen molar-refractivity contribution in [3.05, 3.63) is 12.3 Å². The Kier molecular flexibility index (Phi) is 11.1. The second-order valence-corrected chi connectivity index (χ2v) is 9.70. The first-order valence-corrected chi connectivity index (χ1v) is 11.6. The van der Waals surface area contributed by atoms with Crippen molar-refractivity contribution in [1.82, 2.24) is 5.32 Å². The SMILES string of the molecule is CCC(CCC(C)C)[N+](C)(C=CCCCCCNC1CCC1C)C(C)C. The summed E-state index contributed by atoms with van der Waals surface area (Å²) >= 11 is 0. The Hall–Kier alpha value is -0.340. The minimum Gasteiger partial charge on any atom is -0.314 e. The molecular weight excluding hydrogens is 316 g/mol. The number of nitrogens with zero attached hydrogens (tertiary/aromatic N) is 1. The summed E-state index contributed by atoms with van der Waals surface area (Å²) in [7, 11) is 2.44. The molecule has 1 aliphatic carbocycles. The molecule has 1 fully saturated rings. The lowest BCUT2D eigenvalue weighted by atomic mass is 9.81. The zero-order chi connectivity index (χ0) is 19.6. The average Bonchev–Trinajstić information content (AvgIpc) is 2.58. The van der Waals surface area contributed by atoms with Crippen molar-refractivity contribution >= 4 is 0 Å². The quantitative estimate of drug-likeness (QED) is 0.273. The van der Waals surface area contributed by atoms with Gasteiger partial charge >= 0.3 is 0 Å². The summed E-state index contributed by atoms with van der Waals surface area (Å²) in [5.41, 5.74) is 0. The van der Waals surface area contributed by atoms with Gasteiger partial charge < -0.3 is 5.32 Å². The maximum Gasteiger partial charge on any atom is 0.0929 e. The molecule has 1 saturated carbocycles. The van der Waals surface area contributed by atoms with Crippen LogP contribution in [0, 0.1) is 11.8 Å². The summed E-state index contributed by atoms with van der Waals surface area (Å²) < 4.78 is 1.10. The van der Waals surface area contributed by atoms with Gasteiger partial charge in [-0.1, -0.05) is 34.1 Å². The number of hydrogen-bond acceptors (Lipinski definition) is 1. The van der Waals surface area contributed by atoms with Crippen molar-refractivity contribution in [3.8, 4) is 0 Å². The Morgan fingerprint density at radius 3 is 2.27 bits per heavy atom. The lowest BCUT2D eigenvalue weighted by Crippen LogP contribution is -2.52. The summed E-state index contributed by atoms with van der Waals surface area (Å²) in [5, 5.41) is 3.72. The maximum absolute atomic E-state index is 3.72. The normalized spacial score (nSPS) is 24.2. The third-order valence-corrected chi connectivity index (χ3v) is 6.95. The fraction of sp³-hybridized carbons (Fsp3) is 0.917. The van der Waals surface area contributed by atoms with E-state index in [1.807, 2.05) is 0 Å². The highest BCUT2D eigenvalue weighted by Gasteiger charge is 2.32. The van der Waals surface area contributed by atoms with Gasteiger partial charge in [0, 0.05) is 12.5 Å². The van der Waals surface area contributed by atoms with Crippen LogP contribution >= 0.6 is 0 Å². The van der Waals surface area contributed by atoms with Crippen molar-refractivity contribution < 1.29 is 4.48 Å². The Balaban J connectivity index is 2.30. The molecule has 2 nitrogen and oxygen atoms in total. The van der Waals surface area contributed by atoms with Crippen molar-refractivity contribution in [2.45, 2.75) is 117 Å². The molecule has 0 aromatic carbocycles. The minimum absolute atomic E-state index is 0.650. The Morgan fingerprint density at radius 2 is 1.77 bits per heavy atom. The number of rotatable bonds is 14. The summed E-state index contributed by atoms with van der Waals surface area (Å²) in [6, 6.07) is 2.22. The minimum atomic E-state index is 0.650. The first-order valence-electron chi connectivity index (χ1n) is 11.6. The van der Waals surface area contributed by atoms with Gasteiger partial charge in [-0.2, -0.15) is 0 Å². The van der Waals surface area contributed by atoms with Gasteiger partial charge in [0.2, 0.25) is 0 Å². The first kappa shape index (κ1) is 23.7. The van der Waals surface area contributed by atoms with E-state index in [0.717, 1.165) is 28.4 Å². The highest BCUT2D eigenvalue weighted by molar-refractivity contribution is 4.83. The van der Waals surface area contributed by atoms with E-state index < -0.39 is 0 Å². The summed E-state index contributed by atoms with van der Waals surface area (Å²) in [4.78, 5) is 0. The van der Waals surface area contributed by atoms with Gasteiger partial charge in [-0.15, -0.1) is 0 Å². The molecule has 26 heavy (non-hydrogen) atoms. The fourth-order valence-electron chi connectivity index (χ4n) is 4.24. The van der Waals surface area contributed by atoms with Crippen LogP contribution in [0.3, 0.4) is 0 Å². The van der Waals surface area contributed by atoms with Crippen LogP contribution in [0.2, 0.25) is 0 Å². The van der Waals surface area contributed by atoms with Crippen LogP contribution in [0.25, 0.3) is 0 Å². The van der Waals surface area contributed by atoms with Crippen LogP contribution in [-0.2, 0) is 0 Å². The van der Waals surface area contributed by atoms with Crippen LogP contribution in [0.4, 0.5) is 0 Å². The molecule has 0 aromatic heterocycles. The molecule has 2 heteroatoms. The number of hydrogen-bond donors (Lipinski definition) is 1. The predicted octanol–water partition coefficient (Wildman–Crippen LogP) is 6.52. The Morgan fingerprint density at radius 1 is 1.04 bits per heavy atom. The monoisotopic (exact) mass is 365 g/mol. The molecule has 0 radical (unpaired) electrons. The molecule has 154 valence electrons. The molecule has 0 amide bonds. The largest absolute Gasteiger partial charge is 0.314 e. The molecule has 1 N–H and O–H groups in total. The molecule has 4 unspecified atom stereocenters. The zero-order valence-electron chi connectivity index (χ0n) is 19.1. The van der Waals surface area contributed by atoms with E-state index in [2.05, 4.69) is 66.2 Å². The van der Waals surface area contributed by atoms with Crippen LogP contribution in [0.15, 0.2) is 12.3 Å². The van der Waals surface area contributed by atoms with Crippen molar-refractivity contribution in [1.29, 1.82) is 0 Å². The van der Waals surface area contributed by atoms with E-state index in [1.54, 1.807) is 0 Å². The van der Waals surface area contributed by atoms with Crippen molar-refractivity contribution in [2.75, 3.05) is 13.6 Å². The molecule has 0 bridgehead atoms. The molecule has 4 atom stereocenters. The van der Waals surface area contributed by atoms with Crippen molar-refractivity contribution in [3.63, 3.8) is 0 Å². The summed E-state index contributed by atoms with van der Waals surface area (Å²) in [6.07, 6.45) is 17.0. The third kappa shape index (κ3) is 7.72. The third-order valence-electron chi connectivity index (χ3n) is 6.95. The molecule has 1 aliphatic rings. The number of unbranched alkanes of at least 4 members (excludes halogenated alkanes) is 3. The molecule has 0 aliphatic heterocycles. The van der Waals surface area contributed by atoms with E-state index in [1.165, 1.54) is 64.3 Å². The van der Waals surface area contributed by atoms with Gasteiger partial charge in [-0.05, 0) is 83.2 Å². The molecule has 1 rings (SSSR count). The number of nitrogens with one attached hydrogen (secondary N) is 1. The van der Waals surface area contributed by atoms with Crippen LogP contribution in [-0.4, -0.2) is 36.2 Å². The highest BCUT2D eigenvalue weighted by Crippen LogP contribution is 2.27. The van der Waals surface area contributed by atoms with Gasteiger partial charge in [0.25, 0.3) is 0 Å². The molecular formula is C24H49N2+. The van der Waals surface area contributed by atoms with E-state index in [9.17, 15) is 0 Å². The van der Waals surface area contributed by atoms with Gasteiger partial charge in [-0.3, -0.25) is 4.48 Å². The van der Waals surface area contributed by atoms with Gasteiger partial charge in [0.1, 0.15) is 0 Å². The van der Waals surface area contributed by atoms with Gasteiger partial charge in [-0.25, -0.2) is 0 Å². The lowest BCUT2D eigenvalue weighted by Gasteiger charge is -2.42. The van der Waals surface area contributed by atoms with Crippen LogP contribution in [0.5, 0.6) is 0 Å². The van der Waals surface area contributed by atoms with Crippen LogP contribution < -0.4 is 5.32 Å². The first-order chi connectivity index (χ1) is 12.3. The van der Waals surface area contributed by atoms with E-state index in [0.29, 0.717) is 6.04 Å². The molecule has 0 saturated heterocycles. The second kappa shape index (κ2) is 12.2. The highest BCUT2D eigenvalue weighted by atomic mass is 15.4. The predicted molar refractivity (Wildman–Crippen MR) is 117 cm³/mol. The van der Waals surface area contributed by atoms with Gasteiger partial charge in [0.15, 0.2) is 0 Å². The molecule has 0 spiro atoms. The topological polar surface area (TPSA) is 12.0 Å².